The lowest BCUT2D eigenvalue weighted by atomic mass is 10.2. The van der Waals surface area contributed by atoms with Crippen LogP contribution in [0.4, 0.5) is 16.0 Å². The number of halogens is 1. The van der Waals surface area contributed by atoms with E-state index in [4.69, 9.17) is 10.2 Å². The standard InChI is InChI=1S/C23H24FN9O2S/c1-36(34)15-4-5-17(16(24)13-15)31-9-6-30(7-10-31)8-11-32-14-26-19-21(32)28-23(25)33-22(19)27-20(29-33)18-3-2-12-35-18/h2-5,12-14H,6-11H2,1H3,(H2,25,28)/t36-/m1/s1. The lowest BCUT2D eigenvalue weighted by molar-refractivity contribution is 0.248. The van der Waals surface area contributed by atoms with Gasteiger partial charge in [0.1, 0.15) is 6.26 Å². The van der Waals surface area contributed by atoms with Gasteiger partial charge in [0.2, 0.25) is 11.8 Å². The zero-order chi connectivity index (χ0) is 24.8. The number of rotatable bonds is 6. The van der Waals surface area contributed by atoms with Gasteiger partial charge in [-0.2, -0.15) is 9.50 Å². The van der Waals surface area contributed by atoms with Crippen LogP contribution < -0.4 is 10.6 Å². The Morgan fingerprint density at radius 2 is 1.94 bits per heavy atom. The fourth-order valence-corrected chi connectivity index (χ4v) is 5.02. The van der Waals surface area contributed by atoms with Gasteiger partial charge < -0.3 is 24.2 Å². The van der Waals surface area contributed by atoms with Crippen molar-refractivity contribution in [2.45, 2.75) is 11.4 Å². The molecule has 5 heterocycles. The minimum atomic E-state index is -1.20. The quantitative estimate of drug-likeness (QED) is 0.342. The van der Waals surface area contributed by atoms with Crippen molar-refractivity contribution in [1.82, 2.24) is 34.0 Å². The maximum absolute atomic E-state index is 14.6. The molecule has 13 heteroatoms. The number of piperazine rings is 1. The summed E-state index contributed by atoms with van der Waals surface area (Å²) in [4.78, 5) is 18.5. The van der Waals surface area contributed by atoms with Gasteiger partial charge in [-0.25, -0.2) is 14.4 Å². The predicted molar refractivity (Wildman–Crippen MR) is 134 cm³/mol. The molecule has 186 valence electrons. The van der Waals surface area contributed by atoms with Gasteiger partial charge >= 0.3 is 0 Å². The molecule has 1 aromatic carbocycles. The lowest BCUT2D eigenvalue weighted by Crippen LogP contribution is -2.47. The Kier molecular flexibility index (Phi) is 5.74. The Morgan fingerprint density at radius 1 is 1.11 bits per heavy atom. The van der Waals surface area contributed by atoms with Crippen molar-refractivity contribution < 1.29 is 13.4 Å². The number of nitrogen functional groups attached to an aromatic ring is 1. The molecule has 36 heavy (non-hydrogen) atoms. The number of benzene rings is 1. The molecule has 1 aliphatic heterocycles. The van der Waals surface area contributed by atoms with E-state index in [0.29, 0.717) is 58.6 Å². The SMILES string of the molecule is C[S@@+]([O-])c1ccc(N2CCN(CCn3cnc4c3nc(N)n3nc(-c5ccco5)nc43)CC2)c(F)c1. The summed E-state index contributed by atoms with van der Waals surface area (Å²) < 4.78 is 35.0. The van der Waals surface area contributed by atoms with E-state index in [1.54, 1.807) is 43.1 Å². The van der Waals surface area contributed by atoms with Crippen molar-refractivity contribution in [3.05, 3.63) is 48.7 Å². The smallest absolute Gasteiger partial charge is 0.225 e. The van der Waals surface area contributed by atoms with Gasteiger partial charge in [-0.15, -0.1) is 5.10 Å². The molecule has 0 spiro atoms. The van der Waals surface area contributed by atoms with E-state index in [1.165, 1.54) is 10.6 Å². The molecule has 11 nitrogen and oxygen atoms in total. The summed E-state index contributed by atoms with van der Waals surface area (Å²) >= 11 is -1.20. The molecule has 2 N–H and O–H groups in total. The molecule has 0 radical (unpaired) electrons. The maximum atomic E-state index is 14.6. The molecule has 4 aromatic heterocycles. The zero-order valence-electron chi connectivity index (χ0n) is 19.5. The highest BCUT2D eigenvalue weighted by atomic mass is 32.2. The van der Waals surface area contributed by atoms with E-state index >= 15 is 0 Å². The van der Waals surface area contributed by atoms with E-state index in [2.05, 4.69) is 25.0 Å². The van der Waals surface area contributed by atoms with Gasteiger partial charge in [-0.3, -0.25) is 4.90 Å². The molecule has 0 amide bonds. The molecule has 1 saturated heterocycles. The first-order valence-corrected chi connectivity index (χ1v) is 13.0. The Hall–Kier alpha value is -3.68. The Labute approximate surface area is 208 Å². The molecular formula is C23H24FN9O2S. The van der Waals surface area contributed by atoms with Crippen LogP contribution in [0, 0.1) is 5.82 Å². The predicted octanol–water partition coefficient (Wildman–Crippen LogP) is 2.01. The number of furan rings is 1. The average molecular weight is 510 g/mol. The summed E-state index contributed by atoms with van der Waals surface area (Å²) in [7, 11) is 0. The van der Waals surface area contributed by atoms with Crippen molar-refractivity contribution in [3.63, 3.8) is 0 Å². The second-order valence-electron chi connectivity index (χ2n) is 8.62. The monoisotopic (exact) mass is 509 g/mol. The second-order valence-corrected chi connectivity index (χ2v) is 10.0. The van der Waals surface area contributed by atoms with Crippen LogP contribution in [0.3, 0.4) is 0 Å². The van der Waals surface area contributed by atoms with Crippen LogP contribution in [0.15, 0.2) is 52.2 Å². The number of hydrogen-bond donors (Lipinski definition) is 1. The normalized spacial score (nSPS) is 15.8. The van der Waals surface area contributed by atoms with Gasteiger partial charge in [0.05, 0.1) is 18.3 Å². The van der Waals surface area contributed by atoms with Crippen molar-refractivity contribution in [2.75, 3.05) is 49.6 Å². The summed E-state index contributed by atoms with van der Waals surface area (Å²) in [5.74, 6) is 0.848. The fourth-order valence-electron chi connectivity index (χ4n) is 4.49. The Bertz CT molecular complexity index is 1520. The first-order valence-electron chi connectivity index (χ1n) is 11.5. The van der Waals surface area contributed by atoms with Crippen LogP contribution in [-0.4, -0.2) is 77.6 Å². The third-order valence-electron chi connectivity index (χ3n) is 6.43. The van der Waals surface area contributed by atoms with E-state index in [1.807, 2.05) is 9.47 Å². The summed E-state index contributed by atoms with van der Waals surface area (Å²) in [5.41, 5.74) is 8.52. The molecule has 5 aromatic rings. The van der Waals surface area contributed by atoms with Gasteiger partial charge in [-0.05, 0) is 35.4 Å². The summed E-state index contributed by atoms with van der Waals surface area (Å²) in [6.07, 6.45) is 4.85. The number of hydrogen-bond acceptors (Lipinski definition) is 9. The van der Waals surface area contributed by atoms with Crippen LogP contribution in [-0.2, 0) is 17.7 Å². The number of anilines is 2. The molecule has 0 bridgehead atoms. The highest BCUT2D eigenvalue weighted by molar-refractivity contribution is 7.90. The van der Waals surface area contributed by atoms with Crippen LogP contribution in [0.5, 0.6) is 0 Å². The number of aromatic nitrogens is 6. The molecular weight excluding hydrogens is 485 g/mol. The molecule has 6 rings (SSSR count). The van der Waals surface area contributed by atoms with E-state index in [0.717, 1.165) is 19.6 Å². The first kappa shape index (κ1) is 22.8. The zero-order valence-corrected chi connectivity index (χ0v) is 20.4. The maximum Gasteiger partial charge on any atom is 0.225 e. The van der Waals surface area contributed by atoms with Gasteiger partial charge in [0.15, 0.2) is 33.3 Å². The molecule has 1 fully saturated rings. The average Bonchev–Trinajstić information content (AvgIpc) is 3.63. The molecule has 0 unspecified atom stereocenters. The van der Waals surface area contributed by atoms with Crippen molar-refractivity contribution in [3.8, 4) is 11.6 Å². The van der Waals surface area contributed by atoms with Gasteiger partial charge in [-0.1, -0.05) is 0 Å². The Morgan fingerprint density at radius 3 is 2.67 bits per heavy atom. The topological polar surface area (TPSA) is 130 Å². The van der Waals surface area contributed by atoms with Crippen LogP contribution in [0.1, 0.15) is 0 Å². The van der Waals surface area contributed by atoms with Gasteiger partial charge in [0, 0.05) is 45.3 Å². The highest BCUT2D eigenvalue weighted by Gasteiger charge is 2.22. The first-order chi connectivity index (χ1) is 17.5. The highest BCUT2D eigenvalue weighted by Crippen LogP contribution is 2.25. The van der Waals surface area contributed by atoms with Crippen molar-refractivity contribution >= 4 is 39.6 Å². The van der Waals surface area contributed by atoms with Crippen LogP contribution in [0.25, 0.3) is 28.4 Å². The second kappa shape index (κ2) is 9.08. The van der Waals surface area contributed by atoms with E-state index in [9.17, 15) is 8.94 Å². The number of nitrogens with two attached hydrogens (primary N) is 1. The molecule has 0 saturated carbocycles. The molecule has 1 atom stereocenters. The minimum absolute atomic E-state index is 0.220. The summed E-state index contributed by atoms with van der Waals surface area (Å²) in [6, 6.07) is 8.37. The van der Waals surface area contributed by atoms with E-state index < -0.39 is 11.2 Å². The summed E-state index contributed by atoms with van der Waals surface area (Å²) in [6.45, 7) is 4.46. The van der Waals surface area contributed by atoms with Crippen LogP contribution in [0.2, 0.25) is 0 Å². The van der Waals surface area contributed by atoms with Gasteiger partial charge in [0.25, 0.3) is 0 Å². The number of fused-ring (bicyclic) bond motifs is 3. The molecule has 0 aliphatic carbocycles. The van der Waals surface area contributed by atoms with Crippen LogP contribution >= 0.6 is 0 Å². The third-order valence-corrected chi connectivity index (χ3v) is 7.35. The number of imidazole rings is 1. The largest absolute Gasteiger partial charge is 0.612 e. The number of nitrogens with zero attached hydrogens (tertiary/aromatic N) is 8. The fraction of sp³-hybridized carbons (Fsp3) is 0.304. The third kappa shape index (κ3) is 4.04. The van der Waals surface area contributed by atoms with E-state index in [-0.39, 0.29) is 11.8 Å². The van der Waals surface area contributed by atoms with Crippen molar-refractivity contribution in [1.29, 1.82) is 0 Å². The Balaban J connectivity index is 1.14. The summed E-state index contributed by atoms with van der Waals surface area (Å²) in [5, 5.41) is 4.41. The lowest BCUT2D eigenvalue weighted by Gasteiger charge is -2.36. The molecule has 1 aliphatic rings. The van der Waals surface area contributed by atoms with Crippen molar-refractivity contribution in [2.24, 2.45) is 0 Å². The minimum Gasteiger partial charge on any atom is -0.612 e.